The molecule has 3 aromatic heterocycles. The Morgan fingerprint density at radius 2 is 2.19 bits per heavy atom. The molecule has 1 atom stereocenters. The number of morpholine rings is 1. The van der Waals surface area contributed by atoms with Crippen molar-refractivity contribution < 1.29 is 22.6 Å². The first-order valence-corrected chi connectivity index (χ1v) is 10.6. The van der Waals surface area contributed by atoms with E-state index < -0.39 is 18.8 Å². The minimum atomic E-state index is -4.39. The number of imidazole rings is 1. The van der Waals surface area contributed by atoms with E-state index in [0.29, 0.717) is 44.5 Å². The van der Waals surface area contributed by atoms with E-state index in [0.717, 1.165) is 23.1 Å². The summed E-state index contributed by atoms with van der Waals surface area (Å²) in [5, 5.41) is 5.07. The molecule has 9 nitrogen and oxygen atoms in total. The van der Waals surface area contributed by atoms with Gasteiger partial charge in [-0.25, -0.2) is 19.9 Å². The van der Waals surface area contributed by atoms with Gasteiger partial charge in [0.2, 0.25) is 0 Å². The molecule has 1 saturated heterocycles. The van der Waals surface area contributed by atoms with E-state index >= 15 is 0 Å². The quantitative estimate of drug-likeness (QED) is 0.516. The number of thiazole rings is 1. The highest BCUT2D eigenvalue weighted by atomic mass is 32.1. The normalized spacial score (nSPS) is 18.0. The SMILES string of the molecule is COCCNc1nc(C2CN(Cc3cscn3)CCO2)nc2c1ncn2CC(F)(F)F. The molecule has 0 aliphatic carbocycles. The summed E-state index contributed by atoms with van der Waals surface area (Å²) in [5.74, 6) is 0.678. The lowest BCUT2D eigenvalue weighted by Gasteiger charge is -2.31. The number of fused-ring (bicyclic) bond motifs is 1. The Morgan fingerprint density at radius 1 is 1.32 bits per heavy atom. The van der Waals surface area contributed by atoms with Crippen LogP contribution in [0.15, 0.2) is 17.2 Å². The molecule has 4 rings (SSSR count). The van der Waals surface area contributed by atoms with Gasteiger partial charge in [0.15, 0.2) is 17.3 Å². The highest BCUT2D eigenvalue weighted by Crippen LogP contribution is 2.27. The smallest absolute Gasteiger partial charge is 0.383 e. The lowest BCUT2D eigenvalue weighted by Crippen LogP contribution is -2.38. The summed E-state index contributed by atoms with van der Waals surface area (Å²) in [7, 11) is 1.56. The predicted octanol–water partition coefficient (Wildman–Crippen LogP) is 2.48. The fourth-order valence-corrected chi connectivity index (χ4v) is 3.91. The Bertz CT molecular complexity index is 996. The summed E-state index contributed by atoms with van der Waals surface area (Å²) in [6.45, 7) is 2.01. The molecular formula is C18H22F3N7O2S. The van der Waals surface area contributed by atoms with Crippen molar-refractivity contribution in [2.24, 2.45) is 0 Å². The first-order chi connectivity index (χ1) is 14.9. The number of halogens is 3. The van der Waals surface area contributed by atoms with Crippen LogP contribution in [0.25, 0.3) is 11.2 Å². The van der Waals surface area contributed by atoms with E-state index in [1.807, 2.05) is 5.38 Å². The molecule has 0 aromatic carbocycles. The van der Waals surface area contributed by atoms with Crippen LogP contribution < -0.4 is 5.32 Å². The monoisotopic (exact) mass is 457 g/mol. The Labute approximate surface area is 180 Å². The van der Waals surface area contributed by atoms with Crippen LogP contribution in [0.5, 0.6) is 0 Å². The molecular weight excluding hydrogens is 435 g/mol. The molecule has 13 heteroatoms. The lowest BCUT2D eigenvalue weighted by atomic mass is 10.2. The minimum absolute atomic E-state index is 0.113. The first-order valence-electron chi connectivity index (χ1n) is 9.66. The number of ether oxygens (including phenoxy) is 2. The average Bonchev–Trinajstić information content (AvgIpc) is 3.37. The second kappa shape index (κ2) is 9.42. The zero-order chi connectivity index (χ0) is 21.8. The molecule has 0 radical (unpaired) electrons. The molecule has 0 bridgehead atoms. The molecule has 1 aliphatic heterocycles. The van der Waals surface area contributed by atoms with Gasteiger partial charge in [-0.05, 0) is 0 Å². The maximum Gasteiger partial charge on any atom is 0.406 e. The fraction of sp³-hybridized carbons (Fsp3) is 0.556. The summed E-state index contributed by atoms with van der Waals surface area (Å²) in [6, 6.07) is 0. The van der Waals surface area contributed by atoms with Gasteiger partial charge in [-0.3, -0.25) is 4.90 Å². The van der Waals surface area contributed by atoms with Gasteiger partial charge < -0.3 is 19.4 Å². The van der Waals surface area contributed by atoms with Crippen molar-refractivity contribution in [2.45, 2.75) is 25.4 Å². The van der Waals surface area contributed by atoms with Gasteiger partial charge >= 0.3 is 6.18 Å². The number of nitrogens with zero attached hydrogens (tertiary/aromatic N) is 6. The van der Waals surface area contributed by atoms with Crippen LogP contribution in [-0.2, 0) is 22.6 Å². The molecule has 168 valence electrons. The molecule has 1 aliphatic rings. The highest BCUT2D eigenvalue weighted by molar-refractivity contribution is 7.07. The Kier molecular flexibility index (Phi) is 6.65. The summed E-state index contributed by atoms with van der Waals surface area (Å²) < 4.78 is 51.0. The Hall–Kier alpha value is -2.35. The van der Waals surface area contributed by atoms with Gasteiger partial charge in [-0.15, -0.1) is 11.3 Å². The van der Waals surface area contributed by atoms with Gasteiger partial charge in [-0.2, -0.15) is 13.2 Å². The van der Waals surface area contributed by atoms with Crippen LogP contribution in [0.3, 0.4) is 0 Å². The maximum absolute atomic E-state index is 13.0. The lowest BCUT2D eigenvalue weighted by molar-refractivity contribution is -0.140. The van der Waals surface area contributed by atoms with E-state index in [1.165, 1.54) is 11.3 Å². The molecule has 0 spiro atoms. The van der Waals surface area contributed by atoms with Crippen molar-refractivity contribution in [1.82, 2.24) is 29.4 Å². The molecule has 3 aromatic rings. The number of alkyl halides is 3. The molecule has 1 N–H and O–H groups in total. The van der Waals surface area contributed by atoms with Gasteiger partial charge in [-0.1, -0.05) is 0 Å². The summed E-state index contributed by atoms with van der Waals surface area (Å²) in [4.78, 5) is 19.5. The second-order valence-corrected chi connectivity index (χ2v) is 7.80. The van der Waals surface area contributed by atoms with E-state index in [4.69, 9.17) is 9.47 Å². The van der Waals surface area contributed by atoms with E-state index in [9.17, 15) is 13.2 Å². The van der Waals surface area contributed by atoms with Gasteiger partial charge in [0, 0.05) is 38.7 Å². The Balaban J connectivity index is 1.62. The van der Waals surface area contributed by atoms with Crippen LogP contribution >= 0.6 is 11.3 Å². The number of nitrogens with one attached hydrogen (secondary N) is 1. The predicted molar refractivity (Wildman–Crippen MR) is 108 cm³/mol. The van der Waals surface area contributed by atoms with Gasteiger partial charge in [0.05, 0.1) is 30.7 Å². The number of methoxy groups -OCH3 is 1. The topological polar surface area (TPSA) is 90.2 Å². The number of aromatic nitrogens is 5. The molecule has 1 unspecified atom stereocenters. The van der Waals surface area contributed by atoms with Crippen molar-refractivity contribution in [3.63, 3.8) is 0 Å². The average molecular weight is 457 g/mol. The highest BCUT2D eigenvalue weighted by Gasteiger charge is 2.31. The third-order valence-corrected chi connectivity index (χ3v) is 5.37. The standard InChI is InChI=1S/C18H22F3N7O2S/c1-29-4-2-22-16-14-17(28(10-23-14)9-18(19,20)21)26-15(25-16)13-7-27(3-5-30-13)6-12-8-31-11-24-12/h8,10-11,13H,2-7,9H2,1H3,(H,22,25,26). The maximum atomic E-state index is 13.0. The van der Waals surface area contributed by atoms with Crippen LogP contribution in [0.4, 0.5) is 19.0 Å². The molecule has 1 fully saturated rings. The number of hydrogen-bond acceptors (Lipinski definition) is 9. The largest absolute Gasteiger partial charge is 0.406 e. The first kappa shape index (κ1) is 21.9. The summed E-state index contributed by atoms with van der Waals surface area (Å²) in [6.07, 6.45) is -3.74. The fourth-order valence-electron chi connectivity index (χ4n) is 3.36. The second-order valence-electron chi connectivity index (χ2n) is 7.08. The van der Waals surface area contributed by atoms with Crippen molar-refractivity contribution >= 4 is 28.3 Å². The third-order valence-electron chi connectivity index (χ3n) is 4.74. The van der Waals surface area contributed by atoms with Gasteiger partial charge in [0.1, 0.15) is 18.2 Å². The summed E-state index contributed by atoms with van der Waals surface area (Å²) in [5.41, 5.74) is 3.14. The molecule has 31 heavy (non-hydrogen) atoms. The van der Waals surface area contributed by atoms with Crippen LogP contribution in [0.2, 0.25) is 0 Å². The van der Waals surface area contributed by atoms with Crippen molar-refractivity contribution in [2.75, 3.05) is 45.3 Å². The summed E-state index contributed by atoms with van der Waals surface area (Å²) >= 11 is 1.53. The zero-order valence-electron chi connectivity index (χ0n) is 16.8. The minimum Gasteiger partial charge on any atom is -0.383 e. The molecule has 4 heterocycles. The Morgan fingerprint density at radius 3 is 2.94 bits per heavy atom. The number of hydrogen-bond donors (Lipinski definition) is 1. The van der Waals surface area contributed by atoms with Gasteiger partial charge in [0.25, 0.3) is 0 Å². The van der Waals surface area contributed by atoms with Crippen molar-refractivity contribution in [1.29, 1.82) is 0 Å². The van der Waals surface area contributed by atoms with E-state index in [2.05, 4.69) is 30.2 Å². The number of rotatable bonds is 8. The van der Waals surface area contributed by atoms with Crippen LogP contribution in [0.1, 0.15) is 17.6 Å². The molecule has 0 saturated carbocycles. The van der Waals surface area contributed by atoms with Crippen LogP contribution in [-0.4, -0.2) is 75.5 Å². The van der Waals surface area contributed by atoms with E-state index in [-0.39, 0.29) is 11.2 Å². The van der Waals surface area contributed by atoms with E-state index in [1.54, 1.807) is 12.6 Å². The third kappa shape index (κ3) is 5.47. The van der Waals surface area contributed by atoms with Crippen molar-refractivity contribution in [3.05, 3.63) is 28.7 Å². The van der Waals surface area contributed by atoms with Crippen LogP contribution in [0, 0.1) is 0 Å². The number of anilines is 1. The van der Waals surface area contributed by atoms with Crippen molar-refractivity contribution in [3.8, 4) is 0 Å². The molecule has 0 amide bonds. The zero-order valence-corrected chi connectivity index (χ0v) is 17.6.